The fourth-order valence-corrected chi connectivity index (χ4v) is 4.08. The van der Waals surface area contributed by atoms with Gasteiger partial charge in [0.2, 0.25) is 29.0 Å². The first-order chi connectivity index (χ1) is 18.3. The number of aromatic nitrogens is 2. The Morgan fingerprint density at radius 2 is 1.64 bits per heavy atom. The van der Waals surface area contributed by atoms with Crippen LogP contribution >= 0.6 is 11.6 Å². The summed E-state index contributed by atoms with van der Waals surface area (Å²) in [6.07, 6.45) is 1.47. The van der Waals surface area contributed by atoms with Crippen LogP contribution in [0.4, 0.5) is 0 Å². The Bertz CT molecular complexity index is 1260. The van der Waals surface area contributed by atoms with Crippen LogP contribution in [0.25, 0.3) is 0 Å². The fourth-order valence-electron chi connectivity index (χ4n) is 3.88. The molecule has 0 bridgehead atoms. The van der Waals surface area contributed by atoms with Crippen molar-refractivity contribution in [3.8, 4) is 17.5 Å². The number of halogens is 1. The minimum Gasteiger partial charge on any atom is -0.503 e. The van der Waals surface area contributed by atoms with Gasteiger partial charge in [0.1, 0.15) is 5.02 Å². The average molecular weight is 568 g/mol. The largest absolute Gasteiger partial charge is 0.503 e. The highest BCUT2D eigenvalue weighted by Crippen LogP contribution is 2.31. The number of hydrogen-bond donors (Lipinski definition) is 6. The maximum atomic E-state index is 12.5. The summed E-state index contributed by atoms with van der Waals surface area (Å²) in [4.78, 5) is 48.6. The van der Waals surface area contributed by atoms with Gasteiger partial charge in [0, 0.05) is 63.8 Å². The first-order valence-corrected chi connectivity index (χ1v) is 13.1. The first kappa shape index (κ1) is 31.5. The molecule has 0 aliphatic heterocycles. The van der Waals surface area contributed by atoms with Crippen LogP contribution < -0.4 is 21.4 Å². The third-order valence-electron chi connectivity index (χ3n) is 6.99. The Hall–Kier alpha value is -3.67. The van der Waals surface area contributed by atoms with Gasteiger partial charge < -0.3 is 35.8 Å². The van der Waals surface area contributed by atoms with Crippen LogP contribution in [0, 0.1) is 12.3 Å². The predicted octanol–water partition coefficient (Wildman–Crippen LogP) is 1.79. The Labute approximate surface area is 232 Å². The molecule has 1 atom stereocenters. The van der Waals surface area contributed by atoms with Gasteiger partial charge >= 0.3 is 0 Å². The molecule has 0 aliphatic rings. The standard InChI is InChI=1S/C26H38ClN5O7/c1-5-26(3,9-6-20(34)29-14-18-24(38)19(33)12-16(2)31(18)4)15-30-21(35)7-10-28-22(36)8-11-32-23(37)13-17(27)25(32)39/h12-13,37-39H,5-11,14-15H2,1-4H3,(H,28,36)(H,29,34)(H,30,35). The van der Waals surface area contributed by atoms with Crippen LogP contribution in [0.2, 0.25) is 5.02 Å². The topological polar surface area (TPSA) is 175 Å². The number of aromatic hydroxyl groups is 3. The molecule has 2 rings (SSSR count). The molecule has 0 aromatic carbocycles. The molecule has 6 N–H and O–H groups in total. The molecular formula is C26H38ClN5O7. The van der Waals surface area contributed by atoms with Gasteiger partial charge in [0.25, 0.3) is 0 Å². The van der Waals surface area contributed by atoms with E-state index in [9.17, 15) is 34.5 Å². The van der Waals surface area contributed by atoms with E-state index in [1.165, 1.54) is 12.1 Å². The summed E-state index contributed by atoms with van der Waals surface area (Å²) < 4.78 is 2.76. The lowest BCUT2D eigenvalue weighted by Crippen LogP contribution is -2.38. The molecule has 0 fully saturated rings. The van der Waals surface area contributed by atoms with E-state index in [1.807, 2.05) is 13.8 Å². The number of amides is 3. The highest BCUT2D eigenvalue weighted by molar-refractivity contribution is 6.32. The molecular weight excluding hydrogens is 530 g/mol. The van der Waals surface area contributed by atoms with Crippen LogP contribution in [-0.2, 0) is 34.5 Å². The Balaban J connectivity index is 1.72. The lowest BCUT2D eigenvalue weighted by Gasteiger charge is -2.28. The molecule has 0 spiro atoms. The van der Waals surface area contributed by atoms with E-state index < -0.39 is 5.43 Å². The van der Waals surface area contributed by atoms with Gasteiger partial charge in [-0.2, -0.15) is 0 Å². The number of nitrogens with one attached hydrogen (secondary N) is 3. The van der Waals surface area contributed by atoms with E-state index in [0.29, 0.717) is 30.8 Å². The summed E-state index contributed by atoms with van der Waals surface area (Å²) in [5.41, 5.74) is 0.165. The summed E-state index contributed by atoms with van der Waals surface area (Å²) in [5.74, 6) is -1.79. The predicted molar refractivity (Wildman–Crippen MR) is 146 cm³/mol. The third-order valence-corrected chi connectivity index (χ3v) is 7.27. The molecule has 0 saturated carbocycles. The van der Waals surface area contributed by atoms with Crippen molar-refractivity contribution < 1.29 is 29.7 Å². The fraction of sp³-hybridized carbons (Fsp3) is 0.538. The molecule has 0 radical (unpaired) electrons. The van der Waals surface area contributed by atoms with Gasteiger partial charge in [-0.05, 0) is 25.2 Å². The van der Waals surface area contributed by atoms with Crippen LogP contribution in [0.15, 0.2) is 16.9 Å². The molecule has 2 aromatic heterocycles. The number of hydrogen-bond acceptors (Lipinski definition) is 7. The SMILES string of the molecule is CCC(C)(CCC(=O)NCc1c(O)c(=O)cc(C)n1C)CNC(=O)CCNC(=O)CCn1c(O)cc(Cl)c1O. The van der Waals surface area contributed by atoms with E-state index >= 15 is 0 Å². The molecule has 3 amide bonds. The number of pyridine rings is 1. The van der Waals surface area contributed by atoms with Crippen LogP contribution in [0.5, 0.6) is 17.5 Å². The third kappa shape index (κ3) is 8.95. The molecule has 13 heteroatoms. The first-order valence-electron chi connectivity index (χ1n) is 12.7. The molecule has 39 heavy (non-hydrogen) atoms. The summed E-state index contributed by atoms with van der Waals surface area (Å²) >= 11 is 5.72. The van der Waals surface area contributed by atoms with Crippen molar-refractivity contribution in [2.24, 2.45) is 12.5 Å². The highest BCUT2D eigenvalue weighted by Gasteiger charge is 2.24. The van der Waals surface area contributed by atoms with Crippen molar-refractivity contribution in [2.75, 3.05) is 13.1 Å². The summed E-state index contributed by atoms with van der Waals surface area (Å²) in [7, 11) is 1.70. The second-order valence-corrected chi connectivity index (χ2v) is 10.3. The average Bonchev–Trinajstić information content (AvgIpc) is 3.13. The molecule has 216 valence electrons. The molecule has 0 saturated heterocycles. The number of aryl methyl sites for hydroxylation is 1. The van der Waals surface area contributed by atoms with E-state index in [2.05, 4.69) is 16.0 Å². The lowest BCUT2D eigenvalue weighted by molar-refractivity contribution is -0.123. The maximum absolute atomic E-state index is 12.5. The number of carbonyl (C=O) groups is 3. The van der Waals surface area contributed by atoms with Gasteiger partial charge in [0.05, 0.1) is 12.2 Å². The Morgan fingerprint density at radius 3 is 2.26 bits per heavy atom. The van der Waals surface area contributed by atoms with Gasteiger partial charge in [-0.3, -0.25) is 23.7 Å². The summed E-state index contributed by atoms with van der Waals surface area (Å²) in [5, 5.41) is 37.7. The van der Waals surface area contributed by atoms with Gasteiger partial charge in [0.15, 0.2) is 11.6 Å². The van der Waals surface area contributed by atoms with Crippen LogP contribution in [0.3, 0.4) is 0 Å². The van der Waals surface area contributed by atoms with Gasteiger partial charge in [-0.25, -0.2) is 0 Å². The minimum atomic E-state index is -0.494. The second kappa shape index (κ2) is 13.9. The van der Waals surface area contributed by atoms with Crippen molar-refractivity contribution in [3.63, 3.8) is 0 Å². The van der Waals surface area contributed by atoms with Crippen molar-refractivity contribution in [1.82, 2.24) is 25.1 Å². The second-order valence-electron chi connectivity index (χ2n) is 9.90. The zero-order valence-corrected chi connectivity index (χ0v) is 23.5. The smallest absolute Gasteiger partial charge is 0.223 e. The van der Waals surface area contributed by atoms with Gasteiger partial charge in [-0.1, -0.05) is 25.4 Å². The normalized spacial score (nSPS) is 12.5. The van der Waals surface area contributed by atoms with Crippen molar-refractivity contribution >= 4 is 29.3 Å². The van der Waals surface area contributed by atoms with Crippen LogP contribution in [-0.4, -0.2) is 55.3 Å². The maximum Gasteiger partial charge on any atom is 0.223 e. The monoisotopic (exact) mass is 567 g/mol. The lowest BCUT2D eigenvalue weighted by atomic mass is 9.82. The molecule has 1 unspecified atom stereocenters. The summed E-state index contributed by atoms with van der Waals surface area (Å²) in [6.45, 7) is 6.19. The quantitative estimate of drug-likeness (QED) is 0.202. The number of carbonyl (C=O) groups excluding carboxylic acids is 3. The van der Waals surface area contributed by atoms with E-state index in [-0.39, 0.29) is 84.6 Å². The number of rotatable bonds is 14. The zero-order valence-electron chi connectivity index (χ0n) is 22.8. The van der Waals surface area contributed by atoms with Gasteiger partial charge in [-0.15, -0.1) is 0 Å². The van der Waals surface area contributed by atoms with Crippen molar-refractivity contribution in [3.05, 3.63) is 38.8 Å². The van der Waals surface area contributed by atoms with Crippen molar-refractivity contribution in [2.45, 2.75) is 66.0 Å². The van der Waals surface area contributed by atoms with Crippen LogP contribution in [0.1, 0.15) is 57.3 Å². The van der Waals surface area contributed by atoms with E-state index in [1.54, 1.807) is 18.5 Å². The minimum absolute atomic E-state index is 0.0140. The molecule has 2 aromatic rings. The Morgan fingerprint density at radius 1 is 1.00 bits per heavy atom. The highest BCUT2D eigenvalue weighted by atomic mass is 35.5. The molecule has 0 aliphatic carbocycles. The Kier molecular flexibility index (Phi) is 11.3. The van der Waals surface area contributed by atoms with E-state index in [0.717, 1.165) is 4.57 Å². The number of nitrogens with zero attached hydrogens (tertiary/aromatic N) is 2. The zero-order chi connectivity index (χ0) is 29.3. The van der Waals surface area contributed by atoms with E-state index in [4.69, 9.17) is 11.6 Å². The summed E-state index contributed by atoms with van der Waals surface area (Å²) in [6, 6.07) is 2.51. The molecule has 12 nitrogen and oxygen atoms in total. The van der Waals surface area contributed by atoms with Crippen molar-refractivity contribution in [1.29, 1.82) is 0 Å². The molecule has 2 heterocycles.